The molecule has 1 aliphatic rings. The van der Waals surface area contributed by atoms with Gasteiger partial charge in [-0.3, -0.25) is 14.5 Å². The molecule has 4 aromatic rings. The number of halogens is 1. The lowest BCUT2D eigenvalue weighted by molar-refractivity contribution is -0.115. The Morgan fingerprint density at radius 1 is 1.07 bits per heavy atom. The maximum absolute atomic E-state index is 14.9. The summed E-state index contributed by atoms with van der Waals surface area (Å²) in [5.41, 5.74) is 0.727. The minimum absolute atomic E-state index is 0.0105. The summed E-state index contributed by atoms with van der Waals surface area (Å²) in [7, 11) is -0.574. The van der Waals surface area contributed by atoms with Crippen LogP contribution in [0.15, 0.2) is 49.2 Å². The van der Waals surface area contributed by atoms with Gasteiger partial charge >= 0.3 is 7.12 Å². The zero-order chi connectivity index (χ0) is 28.9. The zero-order valence-corrected chi connectivity index (χ0v) is 23.7. The Hall–Kier alpha value is -3.90. The van der Waals surface area contributed by atoms with Crippen LogP contribution in [0.1, 0.15) is 54.2 Å². The molecule has 0 atom stereocenters. The minimum atomic E-state index is -0.672. The number of hydrogen-bond acceptors (Lipinski definition) is 8. The number of benzene rings is 1. The molecule has 1 aromatic carbocycles. The number of anilines is 1. The Labute approximate surface area is 232 Å². The topological polar surface area (TPSA) is 113 Å². The fraction of sp³-hybridized carbons (Fsp3) is 0.393. The van der Waals surface area contributed by atoms with Crippen LogP contribution >= 0.6 is 0 Å². The Balaban J connectivity index is 1.31. The third-order valence-corrected chi connectivity index (χ3v) is 7.14. The van der Waals surface area contributed by atoms with Crippen LogP contribution in [0.4, 0.5) is 10.1 Å². The summed E-state index contributed by atoms with van der Waals surface area (Å²) in [6.45, 7) is 13.9. The van der Waals surface area contributed by atoms with E-state index >= 15 is 0 Å². The van der Waals surface area contributed by atoms with Crippen molar-refractivity contribution in [2.75, 3.05) is 5.32 Å². The minimum Gasteiger partial charge on any atom is -0.437 e. The predicted molar refractivity (Wildman–Crippen MR) is 149 cm³/mol. The average Bonchev–Trinajstić information content (AvgIpc) is 3.42. The fourth-order valence-corrected chi connectivity index (χ4v) is 4.12. The molecular weight excluding hydrogens is 514 g/mol. The molecule has 4 heterocycles. The summed E-state index contributed by atoms with van der Waals surface area (Å²) in [4.78, 5) is 25.2. The van der Waals surface area contributed by atoms with Gasteiger partial charge in [-0.15, -0.1) is 0 Å². The second-order valence-electron chi connectivity index (χ2n) is 11.8. The van der Waals surface area contributed by atoms with Gasteiger partial charge in [-0.1, -0.05) is 6.07 Å². The number of ether oxygens (including phenoxy) is 1. The van der Waals surface area contributed by atoms with Crippen LogP contribution in [-0.4, -0.2) is 49.0 Å². The van der Waals surface area contributed by atoms with E-state index in [0.717, 1.165) is 5.46 Å². The predicted octanol–water partition coefficient (Wildman–Crippen LogP) is 4.39. The van der Waals surface area contributed by atoms with E-state index in [1.54, 1.807) is 17.1 Å². The van der Waals surface area contributed by atoms with Crippen molar-refractivity contribution >= 4 is 35.1 Å². The highest BCUT2D eigenvalue weighted by atomic mass is 19.1. The van der Waals surface area contributed by atoms with Gasteiger partial charge in [-0.2, -0.15) is 5.10 Å². The normalized spacial score (nSPS) is 16.4. The van der Waals surface area contributed by atoms with Crippen molar-refractivity contribution in [2.24, 2.45) is 0 Å². The van der Waals surface area contributed by atoms with E-state index in [9.17, 15) is 9.18 Å². The molecule has 0 aliphatic carbocycles. The molecule has 3 aromatic heterocycles. The number of nitrogens with zero attached hydrogens (tertiary/aromatic N) is 5. The van der Waals surface area contributed by atoms with E-state index in [4.69, 9.17) is 14.0 Å². The molecule has 40 heavy (non-hydrogen) atoms. The van der Waals surface area contributed by atoms with Crippen molar-refractivity contribution in [2.45, 2.75) is 71.6 Å². The van der Waals surface area contributed by atoms with Gasteiger partial charge in [0.1, 0.15) is 12.1 Å². The van der Waals surface area contributed by atoms with Crippen molar-refractivity contribution in [3.63, 3.8) is 0 Å². The Kier molecular flexibility index (Phi) is 6.87. The molecule has 1 aliphatic heterocycles. The van der Waals surface area contributed by atoms with E-state index in [0.29, 0.717) is 16.6 Å². The summed E-state index contributed by atoms with van der Waals surface area (Å²) in [5, 5.41) is 7.58. The van der Waals surface area contributed by atoms with Gasteiger partial charge in [0.15, 0.2) is 5.75 Å². The van der Waals surface area contributed by atoms with Crippen molar-refractivity contribution in [1.82, 2.24) is 24.7 Å². The average molecular weight is 546 g/mol. The molecule has 1 amide bonds. The molecule has 0 saturated carbocycles. The van der Waals surface area contributed by atoms with Crippen molar-refractivity contribution in [1.29, 1.82) is 0 Å². The maximum Gasteiger partial charge on any atom is 0.494 e. The molecule has 1 saturated heterocycles. The third-order valence-electron chi connectivity index (χ3n) is 7.14. The quantitative estimate of drug-likeness (QED) is 0.355. The van der Waals surface area contributed by atoms with E-state index in [1.165, 1.54) is 18.6 Å². The lowest BCUT2D eigenvalue weighted by Gasteiger charge is -2.32. The first kappa shape index (κ1) is 27.7. The molecule has 0 unspecified atom stereocenters. The molecule has 0 bridgehead atoms. The van der Waals surface area contributed by atoms with Gasteiger partial charge in [0.2, 0.25) is 11.8 Å². The highest BCUT2D eigenvalue weighted by molar-refractivity contribution is 6.62. The van der Waals surface area contributed by atoms with Gasteiger partial charge in [0, 0.05) is 12.3 Å². The Morgan fingerprint density at radius 3 is 2.45 bits per heavy atom. The van der Waals surface area contributed by atoms with Gasteiger partial charge in [-0.25, -0.2) is 14.4 Å². The van der Waals surface area contributed by atoms with E-state index in [-0.39, 0.29) is 29.3 Å². The van der Waals surface area contributed by atoms with Crippen LogP contribution in [0.3, 0.4) is 0 Å². The van der Waals surface area contributed by atoms with E-state index in [2.05, 4.69) is 25.4 Å². The molecular formula is C28H32BFN6O4. The molecule has 0 radical (unpaired) electrons. The van der Waals surface area contributed by atoms with Crippen molar-refractivity contribution < 1.29 is 23.2 Å². The van der Waals surface area contributed by atoms with E-state index < -0.39 is 30.0 Å². The number of carbonyl (C=O) groups excluding carboxylic acids is 1. The first-order chi connectivity index (χ1) is 18.7. The number of carbonyl (C=O) groups is 1. The van der Waals surface area contributed by atoms with Crippen molar-refractivity contribution in [3.8, 4) is 11.6 Å². The van der Waals surface area contributed by atoms with E-state index in [1.807, 2.05) is 66.7 Å². The number of amides is 1. The van der Waals surface area contributed by atoms with Crippen LogP contribution in [0.25, 0.3) is 10.9 Å². The summed E-state index contributed by atoms with van der Waals surface area (Å²) >= 11 is 0. The van der Waals surface area contributed by atoms with Gasteiger partial charge in [0.05, 0.1) is 57.8 Å². The number of hydrogen-bond donors (Lipinski definition) is 1. The van der Waals surface area contributed by atoms with Crippen LogP contribution in [0.2, 0.25) is 0 Å². The SMILES string of the molecule is CC(C)(C)n1cc(NC(=O)Cc2ncc(Oc3ncnc4ccc(B5OC(C)(C)C(C)(C)O5)cc34)cc2F)cn1. The monoisotopic (exact) mass is 546 g/mol. The smallest absolute Gasteiger partial charge is 0.437 e. The maximum atomic E-state index is 14.9. The number of fused-ring (bicyclic) bond motifs is 1. The van der Waals surface area contributed by atoms with Crippen LogP contribution in [-0.2, 0) is 26.1 Å². The first-order valence-electron chi connectivity index (χ1n) is 13.0. The largest absolute Gasteiger partial charge is 0.494 e. The summed E-state index contributed by atoms with van der Waals surface area (Å²) < 4.78 is 34.9. The summed E-state index contributed by atoms with van der Waals surface area (Å²) in [6.07, 6.45) is 5.75. The van der Waals surface area contributed by atoms with Crippen LogP contribution < -0.4 is 15.5 Å². The number of rotatable bonds is 6. The standard InChI is InChI=1S/C28H32BFN6O4/c1-26(2,3)36-15-18(13-34-36)35-24(37)12-23-21(30)11-19(14-31-23)38-25-20-10-17(8-9-22(20)32-16-33-25)29-39-27(4,5)28(6,7)40-29/h8-11,13-16H,12H2,1-7H3,(H,35,37). The zero-order valence-electron chi connectivity index (χ0n) is 23.7. The summed E-state index contributed by atoms with van der Waals surface area (Å²) in [5.74, 6) is -0.722. The van der Waals surface area contributed by atoms with Crippen LogP contribution in [0.5, 0.6) is 11.6 Å². The van der Waals surface area contributed by atoms with Gasteiger partial charge < -0.3 is 19.4 Å². The first-order valence-corrected chi connectivity index (χ1v) is 13.0. The highest BCUT2D eigenvalue weighted by Crippen LogP contribution is 2.37. The lowest BCUT2D eigenvalue weighted by atomic mass is 9.78. The molecule has 12 heteroatoms. The number of nitrogens with one attached hydrogen (secondary N) is 1. The highest BCUT2D eigenvalue weighted by Gasteiger charge is 2.51. The molecule has 1 fully saturated rings. The van der Waals surface area contributed by atoms with Crippen LogP contribution in [0, 0.1) is 5.82 Å². The molecule has 0 spiro atoms. The van der Waals surface area contributed by atoms with Crippen molar-refractivity contribution in [3.05, 3.63) is 60.7 Å². The number of aromatic nitrogens is 5. The van der Waals surface area contributed by atoms with Gasteiger partial charge in [0.25, 0.3) is 0 Å². The molecule has 10 nitrogen and oxygen atoms in total. The number of pyridine rings is 1. The fourth-order valence-electron chi connectivity index (χ4n) is 4.12. The molecule has 5 rings (SSSR count). The van der Waals surface area contributed by atoms with Gasteiger partial charge in [-0.05, 0) is 66.1 Å². The molecule has 1 N–H and O–H groups in total. The second-order valence-corrected chi connectivity index (χ2v) is 11.8. The molecule has 208 valence electrons. The summed E-state index contributed by atoms with van der Waals surface area (Å²) in [6, 6.07) is 6.74. The second kappa shape index (κ2) is 9.94. The Morgan fingerprint density at radius 2 is 1.80 bits per heavy atom. The third kappa shape index (κ3) is 5.54. The lowest BCUT2D eigenvalue weighted by Crippen LogP contribution is -2.41. The Bertz CT molecular complexity index is 1570.